The number of aryl methyl sites for hydroxylation is 1. The highest BCUT2D eigenvalue weighted by Crippen LogP contribution is 2.29. The van der Waals surface area contributed by atoms with Crippen LogP contribution in [0.1, 0.15) is 12.5 Å². The summed E-state index contributed by atoms with van der Waals surface area (Å²) >= 11 is 0. The molecule has 1 saturated heterocycles. The normalized spacial score (nSPS) is 31.6. The van der Waals surface area contributed by atoms with Gasteiger partial charge in [-0.15, -0.1) is 0 Å². The van der Waals surface area contributed by atoms with Crippen LogP contribution >= 0.6 is 0 Å². The smallest absolute Gasteiger partial charge is 0.297 e. The van der Waals surface area contributed by atoms with E-state index in [-0.39, 0.29) is 11.5 Å². The molecule has 1 aromatic carbocycles. The Labute approximate surface area is 111 Å². The van der Waals surface area contributed by atoms with Gasteiger partial charge in [0.2, 0.25) is 0 Å². The van der Waals surface area contributed by atoms with Crippen LogP contribution in [0.2, 0.25) is 0 Å². The molecule has 1 aromatic rings. The van der Waals surface area contributed by atoms with Crippen LogP contribution in [0.25, 0.3) is 0 Å². The fraction of sp³-hybridized carbons (Fsp3) is 0.500. The van der Waals surface area contributed by atoms with E-state index >= 15 is 0 Å². The lowest BCUT2D eigenvalue weighted by Crippen LogP contribution is -2.46. The average Bonchev–Trinajstić information content (AvgIpc) is 2.56. The number of hydrogen-bond donors (Lipinski definition) is 2. The summed E-state index contributed by atoms with van der Waals surface area (Å²) in [6.45, 7) is 2.91. The van der Waals surface area contributed by atoms with Gasteiger partial charge in [-0.05, 0) is 26.0 Å². The van der Waals surface area contributed by atoms with Crippen molar-refractivity contribution in [2.24, 2.45) is 0 Å². The fourth-order valence-corrected chi connectivity index (χ4v) is 2.85. The van der Waals surface area contributed by atoms with Crippen LogP contribution in [0.4, 0.5) is 0 Å². The molecule has 1 aliphatic heterocycles. The van der Waals surface area contributed by atoms with Gasteiger partial charge < -0.3 is 14.9 Å². The zero-order chi connectivity index (χ0) is 14.3. The second-order valence-electron chi connectivity index (χ2n) is 4.76. The molecule has 2 rings (SSSR count). The lowest BCUT2D eigenvalue weighted by atomic mass is 10.0. The van der Waals surface area contributed by atoms with Gasteiger partial charge in [0.05, 0.1) is 11.5 Å². The maximum atomic E-state index is 12.0. The van der Waals surface area contributed by atoms with E-state index in [0.29, 0.717) is 0 Å². The fourth-order valence-electron chi connectivity index (χ4n) is 1.71. The molecular formula is C12H16O6S. The molecule has 0 saturated carbocycles. The number of benzene rings is 1. The van der Waals surface area contributed by atoms with E-state index in [1.54, 1.807) is 12.1 Å². The van der Waals surface area contributed by atoms with Gasteiger partial charge in [-0.3, -0.25) is 4.18 Å². The first-order chi connectivity index (χ1) is 8.73. The monoisotopic (exact) mass is 288 g/mol. The third-order valence-electron chi connectivity index (χ3n) is 3.11. The minimum absolute atomic E-state index is 0.00436. The highest BCUT2D eigenvalue weighted by Gasteiger charge is 2.49. The van der Waals surface area contributed by atoms with E-state index in [1.165, 1.54) is 19.1 Å². The lowest BCUT2D eigenvalue weighted by Gasteiger charge is -2.25. The summed E-state index contributed by atoms with van der Waals surface area (Å²) in [6, 6.07) is 6.14. The SMILES string of the molecule is Cc1ccc(S(=O)(=O)OC2COC(O)C2(C)O)cc1. The van der Waals surface area contributed by atoms with Crippen molar-refractivity contribution in [2.45, 2.75) is 36.7 Å². The first kappa shape index (κ1) is 14.4. The Bertz CT molecular complexity index is 548. The molecule has 19 heavy (non-hydrogen) atoms. The zero-order valence-electron chi connectivity index (χ0n) is 10.6. The van der Waals surface area contributed by atoms with Crippen molar-refractivity contribution in [3.63, 3.8) is 0 Å². The van der Waals surface area contributed by atoms with Gasteiger partial charge in [-0.25, -0.2) is 0 Å². The number of aliphatic hydroxyl groups excluding tert-OH is 1. The molecule has 1 fully saturated rings. The van der Waals surface area contributed by atoms with E-state index in [0.717, 1.165) is 5.56 Å². The van der Waals surface area contributed by atoms with E-state index in [4.69, 9.17) is 8.92 Å². The van der Waals surface area contributed by atoms with Crippen molar-refractivity contribution >= 4 is 10.1 Å². The Balaban J connectivity index is 2.21. The number of ether oxygens (including phenoxy) is 1. The minimum Gasteiger partial charge on any atom is -0.382 e. The number of hydrogen-bond acceptors (Lipinski definition) is 6. The predicted octanol–water partition coefficient (Wildman–Crippen LogP) is 0.169. The lowest BCUT2D eigenvalue weighted by molar-refractivity contribution is -0.159. The van der Waals surface area contributed by atoms with Crippen molar-refractivity contribution in [3.8, 4) is 0 Å². The molecule has 0 radical (unpaired) electrons. The first-order valence-corrected chi connectivity index (χ1v) is 7.16. The zero-order valence-corrected chi connectivity index (χ0v) is 11.4. The van der Waals surface area contributed by atoms with E-state index < -0.39 is 28.1 Å². The highest BCUT2D eigenvalue weighted by atomic mass is 32.2. The van der Waals surface area contributed by atoms with Gasteiger partial charge in [0.1, 0.15) is 11.7 Å². The van der Waals surface area contributed by atoms with Gasteiger partial charge in [0.25, 0.3) is 10.1 Å². The van der Waals surface area contributed by atoms with Crippen LogP contribution in [0.5, 0.6) is 0 Å². The molecule has 106 valence electrons. The van der Waals surface area contributed by atoms with Gasteiger partial charge in [-0.2, -0.15) is 8.42 Å². The van der Waals surface area contributed by atoms with Crippen LogP contribution in [0.15, 0.2) is 29.2 Å². The summed E-state index contributed by atoms with van der Waals surface area (Å²) < 4.78 is 33.8. The topological polar surface area (TPSA) is 93.1 Å². The van der Waals surface area contributed by atoms with Gasteiger partial charge in [0.15, 0.2) is 6.29 Å². The standard InChI is InChI=1S/C12H16O6S/c1-8-3-5-9(6-4-8)19(15,16)18-10-7-17-11(13)12(10,2)14/h3-6,10-11,13-14H,7H2,1-2H3. The minimum atomic E-state index is -4.01. The second-order valence-corrected chi connectivity index (χ2v) is 6.34. The molecule has 7 heteroatoms. The van der Waals surface area contributed by atoms with E-state index in [1.807, 2.05) is 6.92 Å². The summed E-state index contributed by atoms with van der Waals surface area (Å²) in [5.74, 6) is 0. The Morgan fingerprint density at radius 3 is 2.42 bits per heavy atom. The van der Waals surface area contributed by atoms with Gasteiger partial charge in [-0.1, -0.05) is 17.7 Å². The Kier molecular flexibility index (Phi) is 3.67. The highest BCUT2D eigenvalue weighted by molar-refractivity contribution is 7.86. The Morgan fingerprint density at radius 2 is 1.95 bits per heavy atom. The molecule has 1 aliphatic rings. The second kappa shape index (κ2) is 4.84. The molecular weight excluding hydrogens is 272 g/mol. The quantitative estimate of drug-likeness (QED) is 0.770. The van der Waals surface area contributed by atoms with E-state index in [2.05, 4.69) is 0 Å². The van der Waals surface area contributed by atoms with Crippen molar-refractivity contribution in [1.29, 1.82) is 0 Å². The van der Waals surface area contributed by atoms with Crippen molar-refractivity contribution in [3.05, 3.63) is 29.8 Å². The average molecular weight is 288 g/mol. The first-order valence-electron chi connectivity index (χ1n) is 5.75. The van der Waals surface area contributed by atoms with Gasteiger partial charge in [0, 0.05) is 0 Å². The summed E-state index contributed by atoms with van der Waals surface area (Å²) in [4.78, 5) is -0.00436. The molecule has 0 bridgehead atoms. The maximum absolute atomic E-state index is 12.0. The van der Waals surface area contributed by atoms with Crippen LogP contribution in [0.3, 0.4) is 0 Å². The molecule has 3 unspecified atom stereocenters. The van der Waals surface area contributed by atoms with Crippen LogP contribution in [-0.4, -0.2) is 43.2 Å². The number of aliphatic hydroxyl groups is 2. The van der Waals surface area contributed by atoms with Crippen LogP contribution < -0.4 is 0 Å². The van der Waals surface area contributed by atoms with Crippen molar-refractivity contribution in [2.75, 3.05) is 6.61 Å². The van der Waals surface area contributed by atoms with Crippen molar-refractivity contribution in [1.82, 2.24) is 0 Å². The van der Waals surface area contributed by atoms with Gasteiger partial charge >= 0.3 is 0 Å². The Hall–Kier alpha value is -0.990. The molecule has 2 N–H and O–H groups in total. The molecule has 0 amide bonds. The molecule has 1 heterocycles. The maximum Gasteiger partial charge on any atom is 0.297 e. The largest absolute Gasteiger partial charge is 0.382 e. The molecule has 0 aliphatic carbocycles. The third kappa shape index (κ3) is 2.80. The summed E-state index contributed by atoms with van der Waals surface area (Å²) in [6.07, 6.45) is -2.61. The van der Waals surface area contributed by atoms with Crippen LogP contribution in [-0.2, 0) is 19.0 Å². The van der Waals surface area contributed by atoms with Crippen molar-refractivity contribution < 1.29 is 27.6 Å². The summed E-state index contributed by atoms with van der Waals surface area (Å²) in [7, 11) is -4.01. The molecule has 3 atom stereocenters. The Morgan fingerprint density at radius 1 is 1.37 bits per heavy atom. The number of rotatable bonds is 3. The third-order valence-corrected chi connectivity index (χ3v) is 4.44. The molecule has 0 spiro atoms. The molecule has 6 nitrogen and oxygen atoms in total. The molecule has 0 aromatic heterocycles. The summed E-state index contributed by atoms with van der Waals surface area (Å²) in [5, 5.41) is 19.3. The van der Waals surface area contributed by atoms with Crippen LogP contribution in [0, 0.1) is 6.92 Å². The summed E-state index contributed by atoms with van der Waals surface area (Å²) in [5.41, 5.74) is -0.844. The van der Waals surface area contributed by atoms with E-state index in [9.17, 15) is 18.6 Å². The predicted molar refractivity (Wildman–Crippen MR) is 65.8 cm³/mol.